The third kappa shape index (κ3) is 5.53. The van der Waals surface area contributed by atoms with Gasteiger partial charge in [-0.05, 0) is 48.0 Å². The highest BCUT2D eigenvalue weighted by Crippen LogP contribution is 2.26. The Balaban J connectivity index is 1.65. The standard InChI is InChI=1S/C23H21ClN2O3/c1-28-19-13-14-22(29-2)17(15-19)10-7-16-8-11-18(12-9-16)25-23(27)26-21-6-4-3-5-20(21)24/h3-15H,1-2H3,(H2,25,26,27). The molecule has 3 rings (SSSR count). The Morgan fingerprint density at radius 3 is 2.34 bits per heavy atom. The molecule has 148 valence electrons. The van der Waals surface area contributed by atoms with Crippen molar-refractivity contribution in [2.45, 2.75) is 0 Å². The highest BCUT2D eigenvalue weighted by atomic mass is 35.5. The molecule has 0 atom stereocenters. The van der Waals surface area contributed by atoms with Crippen molar-refractivity contribution in [3.63, 3.8) is 0 Å². The molecule has 2 N–H and O–H groups in total. The summed E-state index contributed by atoms with van der Waals surface area (Å²) in [6.07, 6.45) is 3.92. The van der Waals surface area contributed by atoms with Gasteiger partial charge in [0.25, 0.3) is 0 Å². The summed E-state index contributed by atoms with van der Waals surface area (Å²) >= 11 is 6.05. The molecule has 0 aliphatic rings. The van der Waals surface area contributed by atoms with E-state index < -0.39 is 0 Å². The predicted octanol–water partition coefficient (Wildman–Crippen LogP) is 6.17. The lowest BCUT2D eigenvalue weighted by Gasteiger charge is -2.09. The number of amides is 2. The van der Waals surface area contributed by atoms with E-state index in [0.717, 1.165) is 22.6 Å². The largest absolute Gasteiger partial charge is 0.497 e. The van der Waals surface area contributed by atoms with E-state index in [4.69, 9.17) is 21.1 Å². The van der Waals surface area contributed by atoms with Crippen molar-refractivity contribution in [2.24, 2.45) is 0 Å². The quantitative estimate of drug-likeness (QED) is 0.479. The van der Waals surface area contributed by atoms with Crippen LogP contribution in [0.5, 0.6) is 11.5 Å². The fourth-order valence-corrected chi connectivity index (χ4v) is 2.86. The lowest BCUT2D eigenvalue weighted by Crippen LogP contribution is -2.19. The van der Waals surface area contributed by atoms with Gasteiger partial charge in [-0.25, -0.2) is 4.79 Å². The van der Waals surface area contributed by atoms with Crippen molar-refractivity contribution in [3.8, 4) is 11.5 Å². The molecule has 0 saturated carbocycles. The Hall–Kier alpha value is -3.44. The topological polar surface area (TPSA) is 59.6 Å². The van der Waals surface area contributed by atoms with Gasteiger partial charge in [-0.15, -0.1) is 0 Å². The van der Waals surface area contributed by atoms with Crippen LogP contribution in [0, 0.1) is 0 Å². The monoisotopic (exact) mass is 408 g/mol. The van der Waals surface area contributed by atoms with Crippen molar-refractivity contribution in [1.29, 1.82) is 0 Å². The molecule has 0 heterocycles. The van der Waals surface area contributed by atoms with Crippen LogP contribution in [0.2, 0.25) is 5.02 Å². The van der Waals surface area contributed by atoms with Crippen molar-refractivity contribution in [3.05, 3.63) is 82.9 Å². The summed E-state index contributed by atoms with van der Waals surface area (Å²) in [6.45, 7) is 0. The van der Waals surface area contributed by atoms with Crippen LogP contribution in [0.4, 0.5) is 16.2 Å². The van der Waals surface area contributed by atoms with E-state index >= 15 is 0 Å². The summed E-state index contributed by atoms with van der Waals surface area (Å²) in [5.41, 5.74) is 3.12. The number of rotatable bonds is 6. The molecule has 5 nitrogen and oxygen atoms in total. The third-order valence-electron chi connectivity index (χ3n) is 4.18. The van der Waals surface area contributed by atoms with E-state index in [2.05, 4.69) is 10.6 Å². The van der Waals surface area contributed by atoms with Gasteiger partial charge in [0.2, 0.25) is 0 Å². The minimum Gasteiger partial charge on any atom is -0.497 e. The molecule has 0 saturated heterocycles. The number of halogens is 1. The Morgan fingerprint density at radius 2 is 1.66 bits per heavy atom. The molecule has 2 amide bonds. The average Bonchev–Trinajstić information content (AvgIpc) is 2.74. The molecule has 0 bridgehead atoms. The maximum absolute atomic E-state index is 12.1. The molecular weight excluding hydrogens is 388 g/mol. The zero-order chi connectivity index (χ0) is 20.6. The highest BCUT2D eigenvalue weighted by molar-refractivity contribution is 6.33. The van der Waals surface area contributed by atoms with Gasteiger partial charge in [-0.1, -0.05) is 48.0 Å². The first kappa shape index (κ1) is 20.3. The zero-order valence-electron chi connectivity index (χ0n) is 16.1. The number of anilines is 2. The number of carbonyl (C=O) groups excluding carboxylic acids is 1. The maximum Gasteiger partial charge on any atom is 0.323 e. The fraction of sp³-hybridized carbons (Fsp3) is 0.0870. The molecule has 29 heavy (non-hydrogen) atoms. The molecule has 3 aromatic rings. The van der Waals surface area contributed by atoms with Crippen LogP contribution in [0.1, 0.15) is 11.1 Å². The predicted molar refractivity (Wildman–Crippen MR) is 119 cm³/mol. The van der Waals surface area contributed by atoms with Crippen LogP contribution >= 0.6 is 11.6 Å². The van der Waals surface area contributed by atoms with Gasteiger partial charge in [0.1, 0.15) is 11.5 Å². The number of methoxy groups -OCH3 is 2. The number of carbonyl (C=O) groups is 1. The molecule has 0 unspecified atom stereocenters. The highest BCUT2D eigenvalue weighted by Gasteiger charge is 2.05. The van der Waals surface area contributed by atoms with E-state index in [1.807, 2.05) is 54.6 Å². The molecule has 0 fully saturated rings. The third-order valence-corrected chi connectivity index (χ3v) is 4.51. The minimum absolute atomic E-state index is 0.359. The number of ether oxygens (including phenoxy) is 2. The van der Waals surface area contributed by atoms with Crippen molar-refractivity contribution >= 4 is 41.2 Å². The Labute approximate surface area is 174 Å². The SMILES string of the molecule is COc1ccc(OC)c(C=Cc2ccc(NC(=O)Nc3ccccc3Cl)cc2)c1. The molecule has 0 radical (unpaired) electrons. The van der Waals surface area contributed by atoms with E-state index in [-0.39, 0.29) is 6.03 Å². The molecule has 0 aliphatic carbocycles. The number of benzene rings is 3. The van der Waals surface area contributed by atoms with Crippen LogP contribution < -0.4 is 20.1 Å². The Bertz CT molecular complexity index is 1020. The molecule has 6 heteroatoms. The smallest absolute Gasteiger partial charge is 0.323 e. The van der Waals surface area contributed by atoms with Gasteiger partial charge < -0.3 is 20.1 Å². The van der Waals surface area contributed by atoms with Gasteiger partial charge in [-0.3, -0.25) is 0 Å². The first-order valence-corrected chi connectivity index (χ1v) is 9.29. The van der Waals surface area contributed by atoms with E-state index in [1.165, 1.54) is 0 Å². The van der Waals surface area contributed by atoms with Crippen LogP contribution in [0.25, 0.3) is 12.2 Å². The summed E-state index contributed by atoms with van der Waals surface area (Å²) in [6, 6.07) is 19.8. The second kappa shape index (κ2) is 9.66. The second-order valence-electron chi connectivity index (χ2n) is 6.12. The first-order chi connectivity index (χ1) is 14.1. The average molecular weight is 409 g/mol. The van der Waals surface area contributed by atoms with Crippen molar-refractivity contribution < 1.29 is 14.3 Å². The molecule has 0 spiro atoms. The maximum atomic E-state index is 12.1. The van der Waals surface area contributed by atoms with Crippen molar-refractivity contribution in [1.82, 2.24) is 0 Å². The number of urea groups is 1. The van der Waals surface area contributed by atoms with Gasteiger partial charge in [-0.2, -0.15) is 0 Å². The zero-order valence-corrected chi connectivity index (χ0v) is 16.9. The van der Waals surface area contributed by atoms with E-state index in [9.17, 15) is 4.79 Å². The van der Waals surface area contributed by atoms with Crippen LogP contribution in [-0.2, 0) is 0 Å². The van der Waals surface area contributed by atoms with Gasteiger partial charge in [0.05, 0.1) is 24.9 Å². The number of hydrogen-bond acceptors (Lipinski definition) is 3. The van der Waals surface area contributed by atoms with Gasteiger partial charge >= 0.3 is 6.03 Å². The molecule has 3 aromatic carbocycles. The lowest BCUT2D eigenvalue weighted by atomic mass is 10.1. The summed E-state index contributed by atoms with van der Waals surface area (Å²) in [5.74, 6) is 1.52. The number of nitrogens with one attached hydrogen (secondary N) is 2. The minimum atomic E-state index is -0.359. The fourth-order valence-electron chi connectivity index (χ4n) is 2.68. The van der Waals surface area contributed by atoms with Crippen molar-refractivity contribution in [2.75, 3.05) is 24.9 Å². The van der Waals surface area contributed by atoms with Gasteiger partial charge in [0, 0.05) is 11.3 Å². The summed E-state index contributed by atoms with van der Waals surface area (Å²) < 4.78 is 10.6. The second-order valence-corrected chi connectivity index (χ2v) is 6.53. The summed E-state index contributed by atoms with van der Waals surface area (Å²) in [4.78, 5) is 12.1. The molecule has 0 aliphatic heterocycles. The van der Waals surface area contributed by atoms with E-state index in [1.54, 1.807) is 38.5 Å². The normalized spacial score (nSPS) is 10.6. The number of para-hydroxylation sites is 1. The Kier molecular flexibility index (Phi) is 6.76. The van der Waals surface area contributed by atoms with Crippen LogP contribution in [-0.4, -0.2) is 20.3 Å². The molecule has 0 aromatic heterocycles. The Morgan fingerprint density at radius 1 is 0.897 bits per heavy atom. The van der Waals surface area contributed by atoms with Crippen LogP contribution in [0.15, 0.2) is 66.7 Å². The number of hydrogen-bond donors (Lipinski definition) is 2. The first-order valence-electron chi connectivity index (χ1n) is 8.92. The van der Waals surface area contributed by atoms with Gasteiger partial charge in [0.15, 0.2) is 0 Å². The summed E-state index contributed by atoms with van der Waals surface area (Å²) in [7, 11) is 3.26. The molecular formula is C23H21ClN2O3. The summed E-state index contributed by atoms with van der Waals surface area (Å²) in [5, 5.41) is 5.99. The van der Waals surface area contributed by atoms with E-state index in [0.29, 0.717) is 16.4 Å². The van der Waals surface area contributed by atoms with Crippen LogP contribution in [0.3, 0.4) is 0 Å². The lowest BCUT2D eigenvalue weighted by molar-refractivity contribution is 0.262.